The number of rotatable bonds is 1. The van der Waals surface area contributed by atoms with Crippen LogP contribution >= 0.6 is 11.3 Å². The minimum absolute atomic E-state index is 0.133. The Balaban J connectivity index is 2.60. The highest BCUT2D eigenvalue weighted by atomic mass is 32.1. The van der Waals surface area contributed by atoms with Crippen LogP contribution in [0.2, 0.25) is 0 Å². The molecule has 14 heavy (non-hydrogen) atoms. The van der Waals surface area contributed by atoms with Gasteiger partial charge in [-0.3, -0.25) is 4.79 Å². The van der Waals surface area contributed by atoms with Gasteiger partial charge < -0.3 is 5.11 Å². The van der Waals surface area contributed by atoms with E-state index in [9.17, 15) is 14.3 Å². The lowest BCUT2D eigenvalue weighted by Crippen LogP contribution is -2.09. The van der Waals surface area contributed by atoms with Gasteiger partial charge in [0.15, 0.2) is 0 Å². The number of nitrogens with zero attached hydrogens (tertiary/aromatic N) is 1. The first-order valence-corrected chi connectivity index (χ1v) is 4.72. The fourth-order valence-electron chi connectivity index (χ4n) is 1.13. The van der Waals surface area contributed by atoms with Crippen LogP contribution in [0.15, 0.2) is 34.4 Å². The van der Waals surface area contributed by atoms with Crippen LogP contribution in [0.25, 0.3) is 5.69 Å². The average molecular weight is 211 g/mol. The highest BCUT2D eigenvalue weighted by Crippen LogP contribution is 2.16. The summed E-state index contributed by atoms with van der Waals surface area (Å²) in [4.78, 5) is 11.0. The molecule has 5 heteroatoms. The molecule has 72 valence electrons. The molecule has 1 aromatic heterocycles. The largest absolute Gasteiger partial charge is 0.494 e. The number of halogens is 1. The smallest absolute Gasteiger partial charge is 0.314 e. The predicted molar refractivity (Wildman–Crippen MR) is 51.5 cm³/mol. The van der Waals surface area contributed by atoms with Gasteiger partial charge in [-0.15, -0.1) is 0 Å². The molecule has 0 saturated heterocycles. The lowest BCUT2D eigenvalue weighted by atomic mass is 10.3. The Hall–Kier alpha value is -1.62. The summed E-state index contributed by atoms with van der Waals surface area (Å²) >= 11 is 0.894. The van der Waals surface area contributed by atoms with Crippen LogP contribution in [0, 0.1) is 5.82 Å². The predicted octanol–water partition coefficient (Wildman–Crippen LogP) is 1.74. The van der Waals surface area contributed by atoms with Crippen LogP contribution in [-0.4, -0.2) is 9.67 Å². The van der Waals surface area contributed by atoms with Crippen LogP contribution in [0.4, 0.5) is 4.39 Å². The zero-order chi connectivity index (χ0) is 10.1. The molecule has 2 aromatic rings. The van der Waals surface area contributed by atoms with Gasteiger partial charge in [0.1, 0.15) is 5.82 Å². The number of hydrogen-bond donors (Lipinski definition) is 1. The molecule has 0 atom stereocenters. The van der Waals surface area contributed by atoms with Gasteiger partial charge in [0, 0.05) is 0 Å². The minimum atomic E-state index is -0.378. The van der Waals surface area contributed by atoms with Gasteiger partial charge in [-0.1, -0.05) is 11.3 Å². The monoisotopic (exact) mass is 211 g/mol. The van der Waals surface area contributed by atoms with Crippen LogP contribution in [0.5, 0.6) is 5.88 Å². The summed E-state index contributed by atoms with van der Waals surface area (Å²) in [5.74, 6) is -0.511. The van der Waals surface area contributed by atoms with Gasteiger partial charge in [-0.2, -0.15) is 0 Å². The third-order valence-corrected chi connectivity index (χ3v) is 2.47. The van der Waals surface area contributed by atoms with Crippen molar-refractivity contribution in [1.82, 2.24) is 4.57 Å². The van der Waals surface area contributed by atoms with Crippen molar-refractivity contribution in [2.24, 2.45) is 0 Å². The van der Waals surface area contributed by atoms with Crippen LogP contribution < -0.4 is 4.87 Å². The maximum absolute atomic E-state index is 12.6. The van der Waals surface area contributed by atoms with Crippen molar-refractivity contribution in [3.8, 4) is 11.6 Å². The quantitative estimate of drug-likeness (QED) is 0.780. The van der Waals surface area contributed by atoms with E-state index in [0.29, 0.717) is 5.69 Å². The Morgan fingerprint density at radius 1 is 1.29 bits per heavy atom. The summed E-state index contributed by atoms with van der Waals surface area (Å²) in [7, 11) is 0. The Morgan fingerprint density at radius 3 is 2.43 bits per heavy atom. The standard InChI is InChI=1S/C9H6FNO2S/c10-6-1-3-7(4-2-6)11-8(12)5-14-9(11)13/h1-5,12H. The zero-order valence-corrected chi connectivity index (χ0v) is 7.79. The summed E-state index contributed by atoms with van der Waals surface area (Å²) in [5, 5.41) is 10.7. The van der Waals surface area contributed by atoms with Gasteiger partial charge in [0.2, 0.25) is 5.88 Å². The van der Waals surface area contributed by atoms with Crippen molar-refractivity contribution >= 4 is 11.3 Å². The molecule has 0 aliphatic carbocycles. The first-order chi connectivity index (χ1) is 6.68. The number of aromatic nitrogens is 1. The van der Waals surface area contributed by atoms with E-state index in [-0.39, 0.29) is 16.6 Å². The molecule has 1 N–H and O–H groups in total. The summed E-state index contributed by atoms with van der Waals surface area (Å²) in [6, 6.07) is 5.34. The van der Waals surface area contributed by atoms with E-state index < -0.39 is 0 Å². The Bertz CT molecular complexity index is 500. The molecular weight excluding hydrogens is 205 g/mol. The molecule has 1 heterocycles. The average Bonchev–Trinajstić information content (AvgIpc) is 2.49. The Kier molecular flexibility index (Phi) is 2.09. The lowest BCUT2D eigenvalue weighted by molar-refractivity contribution is 0.441. The van der Waals surface area contributed by atoms with Gasteiger partial charge >= 0.3 is 4.87 Å². The molecule has 0 spiro atoms. The second-order valence-corrected chi connectivity index (χ2v) is 3.49. The van der Waals surface area contributed by atoms with Gasteiger partial charge in [-0.25, -0.2) is 8.96 Å². The van der Waals surface area contributed by atoms with E-state index in [1.165, 1.54) is 29.6 Å². The molecule has 0 radical (unpaired) electrons. The fourth-order valence-corrected chi connectivity index (χ4v) is 1.75. The van der Waals surface area contributed by atoms with Crippen molar-refractivity contribution in [2.45, 2.75) is 0 Å². The second kappa shape index (κ2) is 3.26. The molecule has 0 fully saturated rings. The summed E-state index contributed by atoms with van der Waals surface area (Å²) in [6.45, 7) is 0. The van der Waals surface area contributed by atoms with E-state index in [0.717, 1.165) is 15.9 Å². The Labute approximate surface area is 82.7 Å². The highest BCUT2D eigenvalue weighted by molar-refractivity contribution is 7.07. The Morgan fingerprint density at radius 2 is 1.93 bits per heavy atom. The molecular formula is C9H6FNO2S. The topological polar surface area (TPSA) is 42.2 Å². The molecule has 0 unspecified atom stereocenters. The molecule has 0 aliphatic rings. The molecule has 0 saturated carbocycles. The highest BCUT2D eigenvalue weighted by Gasteiger charge is 2.06. The normalized spacial score (nSPS) is 10.4. The van der Waals surface area contributed by atoms with Gasteiger partial charge in [0.25, 0.3) is 0 Å². The molecule has 0 aliphatic heterocycles. The molecule has 3 nitrogen and oxygen atoms in total. The van der Waals surface area contributed by atoms with Crippen LogP contribution in [0.1, 0.15) is 0 Å². The minimum Gasteiger partial charge on any atom is -0.494 e. The fraction of sp³-hybridized carbons (Fsp3) is 0. The van der Waals surface area contributed by atoms with Gasteiger partial charge in [-0.05, 0) is 24.3 Å². The lowest BCUT2D eigenvalue weighted by Gasteiger charge is -2.01. The van der Waals surface area contributed by atoms with Crippen molar-refractivity contribution in [3.63, 3.8) is 0 Å². The summed E-state index contributed by atoms with van der Waals surface area (Å²) in [6.07, 6.45) is 0. The third-order valence-electron chi connectivity index (χ3n) is 1.76. The van der Waals surface area contributed by atoms with Crippen molar-refractivity contribution in [2.75, 3.05) is 0 Å². The van der Waals surface area contributed by atoms with E-state index in [1.54, 1.807) is 0 Å². The maximum Gasteiger partial charge on any atom is 0.314 e. The number of benzene rings is 1. The van der Waals surface area contributed by atoms with E-state index in [4.69, 9.17) is 0 Å². The molecule has 0 bridgehead atoms. The van der Waals surface area contributed by atoms with Gasteiger partial charge in [0.05, 0.1) is 11.1 Å². The summed E-state index contributed by atoms with van der Waals surface area (Å²) < 4.78 is 13.7. The number of hydrogen-bond acceptors (Lipinski definition) is 3. The zero-order valence-electron chi connectivity index (χ0n) is 6.98. The van der Waals surface area contributed by atoms with E-state index in [1.807, 2.05) is 0 Å². The van der Waals surface area contributed by atoms with Crippen molar-refractivity contribution in [1.29, 1.82) is 0 Å². The SMILES string of the molecule is O=c1scc(O)n1-c1ccc(F)cc1. The maximum atomic E-state index is 12.6. The summed E-state index contributed by atoms with van der Waals surface area (Å²) in [5.41, 5.74) is 0.454. The van der Waals surface area contributed by atoms with Crippen molar-refractivity contribution in [3.05, 3.63) is 45.1 Å². The van der Waals surface area contributed by atoms with E-state index >= 15 is 0 Å². The van der Waals surface area contributed by atoms with Crippen LogP contribution in [-0.2, 0) is 0 Å². The molecule has 0 amide bonds. The molecule has 1 aromatic carbocycles. The molecule has 2 rings (SSSR count). The van der Waals surface area contributed by atoms with E-state index in [2.05, 4.69) is 0 Å². The number of aromatic hydroxyl groups is 1. The van der Waals surface area contributed by atoms with Crippen LogP contribution in [0.3, 0.4) is 0 Å². The first kappa shape index (κ1) is 8.96. The first-order valence-electron chi connectivity index (χ1n) is 3.84. The second-order valence-electron chi connectivity index (χ2n) is 2.67. The third kappa shape index (κ3) is 1.42. The number of thiazole rings is 1. The van der Waals surface area contributed by atoms with Crippen molar-refractivity contribution < 1.29 is 9.50 Å².